The van der Waals surface area contributed by atoms with E-state index in [1.807, 2.05) is 37.3 Å². The minimum atomic E-state index is -0.0371. The van der Waals surface area contributed by atoms with Crippen molar-refractivity contribution in [1.82, 2.24) is 0 Å². The van der Waals surface area contributed by atoms with Crippen LogP contribution in [-0.4, -0.2) is 12.6 Å². The van der Waals surface area contributed by atoms with Crippen molar-refractivity contribution in [2.24, 2.45) is 0 Å². The predicted octanol–water partition coefficient (Wildman–Crippen LogP) is 1.79. The second-order valence-electron chi connectivity index (χ2n) is 2.73. The van der Waals surface area contributed by atoms with Gasteiger partial charge in [-0.05, 0) is 12.5 Å². The van der Waals surface area contributed by atoms with Gasteiger partial charge in [-0.3, -0.25) is 4.79 Å². The maximum Gasteiger partial charge on any atom is 0.293 e. The Bertz CT molecular complexity index is 231. The molecule has 0 aromatic heterocycles. The molecule has 0 radical (unpaired) electrons. The van der Waals surface area contributed by atoms with Gasteiger partial charge in [0.05, 0.1) is 0 Å². The first-order valence-electron chi connectivity index (χ1n) is 3.96. The molecule has 1 aromatic rings. The van der Waals surface area contributed by atoms with E-state index in [0.29, 0.717) is 6.47 Å². The molecule has 0 spiro atoms. The monoisotopic (exact) mass is 164 g/mol. The molecule has 0 saturated carbocycles. The lowest BCUT2D eigenvalue weighted by Crippen LogP contribution is -2.09. The van der Waals surface area contributed by atoms with Crippen LogP contribution in [0.15, 0.2) is 30.3 Å². The molecule has 0 saturated heterocycles. The van der Waals surface area contributed by atoms with Gasteiger partial charge >= 0.3 is 0 Å². The van der Waals surface area contributed by atoms with Crippen LogP contribution in [0.5, 0.6) is 0 Å². The van der Waals surface area contributed by atoms with Crippen LogP contribution in [0.3, 0.4) is 0 Å². The van der Waals surface area contributed by atoms with E-state index in [-0.39, 0.29) is 6.10 Å². The van der Waals surface area contributed by atoms with Crippen LogP contribution < -0.4 is 0 Å². The van der Waals surface area contributed by atoms with Crippen LogP contribution in [0.25, 0.3) is 0 Å². The topological polar surface area (TPSA) is 26.3 Å². The highest BCUT2D eigenvalue weighted by Crippen LogP contribution is 2.04. The van der Waals surface area contributed by atoms with Gasteiger partial charge < -0.3 is 4.74 Å². The Morgan fingerprint density at radius 1 is 1.42 bits per heavy atom. The van der Waals surface area contributed by atoms with Crippen LogP contribution >= 0.6 is 0 Å². The minimum absolute atomic E-state index is 0.0371. The summed E-state index contributed by atoms with van der Waals surface area (Å²) in [5.41, 5.74) is 1.19. The molecule has 0 amide bonds. The number of carbonyl (C=O) groups is 1. The van der Waals surface area contributed by atoms with E-state index < -0.39 is 0 Å². The molecule has 0 aliphatic carbocycles. The molecular formula is C10H12O2. The van der Waals surface area contributed by atoms with Crippen LogP contribution in [0, 0.1) is 0 Å². The fourth-order valence-corrected chi connectivity index (χ4v) is 1.09. The summed E-state index contributed by atoms with van der Waals surface area (Å²) >= 11 is 0. The van der Waals surface area contributed by atoms with Crippen LogP contribution in [0.4, 0.5) is 0 Å². The summed E-state index contributed by atoms with van der Waals surface area (Å²) in [6.07, 6.45) is 0.740. The van der Waals surface area contributed by atoms with Gasteiger partial charge in [-0.15, -0.1) is 0 Å². The molecule has 64 valence electrons. The second kappa shape index (κ2) is 4.54. The zero-order chi connectivity index (χ0) is 8.81. The minimum Gasteiger partial charge on any atom is -0.465 e. The first-order chi connectivity index (χ1) is 5.83. The molecule has 0 aliphatic heterocycles. The van der Waals surface area contributed by atoms with Crippen molar-refractivity contribution in [2.45, 2.75) is 19.4 Å². The Balaban J connectivity index is 2.46. The van der Waals surface area contributed by atoms with Gasteiger partial charge in [0, 0.05) is 6.42 Å². The smallest absolute Gasteiger partial charge is 0.293 e. The molecule has 2 nitrogen and oxygen atoms in total. The molecule has 0 aliphatic rings. The lowest BCUT2D eigenvalue weighted by molar-refractivity contribution is -0.132. The van der Waals surface area contributed by atoms with Crippen molar-refractivity contribution in [3.8, 4) is 0 Å². The van der Waals surface area contributed by atoms with E-state index in [2.05, 4.69) is 0 Å². The number of carbonyl (C=O) groups excluding carboxylic acids is 1. The number of hydrogen-bond donors (Lipinski definition) is 0. The van der Waals surface area contributed by atoms with Gasteiger partial charge in [-0.25, -0.2) is 0 Å². The summed E-state index contributed by atoms with van der Waals surface area (Å²) < 4.78 is 4.77. The van der Waals surface area contributed by atoms with Crippen molar-refractivity contribution in [3.63, 3.8) is 0 Å². The zero-order valence-electron chi connectivity index (χ0n) is 7.07. The molecule has 0 N–H and O–H groups in total. The molecule has 0 fully saturated rings. The van der Waals surface area contributed by atoms with Crippen LogP contribution in [0.1, 0.15) is 12.5 Å². The number of benzene rings is 1. The third kappa shape index (κ3) is 2.74. The largest absolute Gasteiger partial charge is 0.465 e. The van der Waals surface area contributed by atoms with Gasteiger partial charge in [-0.1, -0.05) is 30.3 Å². The first kappa shape index (κ1) is 8.78. The van der Waals surface area contributed by atoms with E-state index in [4.69, 9.17) is 4.74 Å². The van der Waals surface area contributed by atoms with Gasteiger partial charge in [0.25, 0.3) is 6.47 Å². The van der Waals surface area contributed by atoms with Crippen molar-refractivity contribution in [1.29, 1.82) is 0 Å². The van der Waals surface area contributed by atoms with Crippen LogP contribution in [-0.2, 0) is 16.0 Å². The Hall–Kier alpha value is -1.31. The lowest BCUT2D eigenvalue weighted by atomic mass is 10.1. The molecule has 1 atom stereocenters. The molecule has 1 aromatic carbocycles. The second-order valence-corrected chi connectivity index (χ2v) is 2.73. The Morgan fingerprint density at radius 3 is 2.67 bits per heavy atom. The Kier molecular flexibility index (Phi) is 3.33. The first-order valence-corrected chi connectivity index (χ1v) is 3.96. The molecule has 0 bridgehead atoms. The Labute approximate surface area is 72.2 Å². The van der Waals surface area contributed by atoms with E-state index in [0.717, 1.165) is 6.42 Å². The van der Waals surface area contributed by atoms with E-state index >= 15 is 0 Å². The van der Waals surface area contributed by atoms with Gasteiger partial charge in [0.15, 0.2) is 0 Å². The number of rotatable bonds is 4. The maximum absolute atomic E-state index is 9.98. The predicted molar refractivity (Wildman–Crippen MR) is 46.8 cm³/mol. The summed E-state index contributed by atoms with van der Waals surface area (Å²) in [7, 11) is 0. The van der Waals surface area contributed by atoms with Crippen molar-refractivity contribution < 1.29 is 9.53 Å². The zero-order valence-corrected chi connectivity index (χ0v) is 7.07. The summed E-state index contributed by atoms with van der Waals surface area (Å²) in [5, 5.41) is 0. The van der Waals surface area contributed by atoms with E-state index in [9.17, 15) is 4.79 Å². The lowest BCUT2D eigenvalue weighted by Gasteiger charge is -2.08. The quantitative estimate of drug-likeness (QED) is 0.634. The Morgan fingerprint density at radius 2 is 2.08 bits per heavy atom. The van der Waals surface area contributed by atoms with Crippen molar-refractivity contribution >= 4 is 6.47 Å². The molecule has 12 heavy (non-hydrogen) atoms. The molecule has 1 rings (SSSR count). The molecular weight excluding hydrogens is 152 g/mol. The fraction of sp³-hybridized carbons (Fsp3) is 0.300. The average molecular weight is 164 g/mol. The summed E-state index contributed by atoms with van der Waals surface area (Å²) in [4.78, 5) is 9.98. The van der Waals surface area contributed by atoms with E-state index in [1.165, 1.54) is 5.56 Å². The highest BCUT2D eigenvalue weighted by Gasteiger charge is 2.01. The van der Waals surface area contributed by atoms with Gasteiger partial charge in [0.2, 0.25) is 0 Å². The standard InChI is InChI=1S/C10H12O2/c1-9(12-8-11)7-10-5-3-2-4-6-10/h2-6,8-9H,7H2,1H3. The fourth-order valence-electron chi connectivity index (χ4n) is 1.09. The third-order valence-electron chi connectivity index (χ3n) is 1.65. The summed E-state index contributed by atoms with van der Waals surface area (Å²) in [6, 6.07) is 9.95. The average Bonchev–Trinajstić information content (AvgIpc) is 2.06. The molecule has 1 unspecified atom stereocenters. The molecule has 2 heteroatoms. The van der Waals surface area contributed by atoms with Crippen molar-refractivity contribution in [3.05, 3.63) is 35.9 Å². The highest BCUT2D eigenvalue weighted by molar-refractivity contribution is 5.37. The SMILES string of the molecule is CC(Cc1ccccc1)OC=O. The highest BCUT2D eigenvalue weighted by atomic mass is 16.5. The van der Waals surface area contributed by atoms with Crippen molar-refractivity contribution in [2.75, 3.05) is 0 Å². The maximum atomic E-state index is 9.98. The van der Waals surface area contributed by atoms with Gasteiger partial charge in [0.1, 0.15) is 6.10 Å². The van der Waals surface area contributed by atoms with Gasteiger partial charge in [-0.2, -0.15) is 0 Å². The summed E-state index contributed by atoms with van der Waals surface area (Å²) in [5.74, 6) is 0. The number of ether oxygens (including phenoxy) is 1. The summed E-state index contributed by atoms with van der Waals surface area (Å²) in [6.45, 7) is 2.37. The van der Waals surface area contributed by atoms with E-state index in [1.54, 1.807) is 0 Å². The normalized spacial score (nSPS) is 12.1. The van der Waals surface area contributed by atoms with Crippen LogP contribution in [0.2, 0.25) is 0 Å². The third-order valence-corrected chi connectivity index (χ3v) is 1.65. The molecule has 0 heterocycles. The number of hydrogen-bond acceptors (Lipinski definition) is 2.